The zero-order valence-corrected chi connectivity index (χ0v) is 10.1. The van der Waals surface area contributed by atoms with Gasteiger partial charge < -0.3 is 4.74 Å². The van der Waals surface area contributed by atoms with E-state index in [1.54, 1.807) is 20.8 Å². The summed E-state index contributed by atoms with van der Waals surface area (Å²) in [6, 6.07) is 3.90. The highest BCUT2D eigenvalue weighted by molar-refractivity contribution is 6.30. The lowest BCUT2D eigenvalue weighted by molar-refractivity contribution is 0.0635. The predicted octanol–water partition coefficient (Wildman–Crippen LogP) is 3.83. The van der Waals surface area contributed by atoms with Gasteiger partial charge in [0.2, 0.25) is 0 Å². The average molecular weight is 246 g/mol. The van der Waals surface area contributed by atoms with E-state index >= 15 is 0 Å². The van der Waals surface area contributed by atoms with Gasteiger partial charge in [0, 0.05) is 5.02 Å². The van der Waals surface area contributed by atoms with E-state index in [0.717, 1.165) is 0 Å². The smallest absolute Gasteiger partial charge is 0.412 e. The van der Waals surface area contributed by atoms with Crippen LogP contribution in [0.4, 0.5) is 14.9 Å². The van der Waals surface area contributed by atoms with E-state index in [0.29, 0.717) is 5.02 Å². The molecule has 0 saturated heterocycles. The van der Waals surface area contributed by atoms with Crippen LogP contribution < -0.4 is 5.32 Å². The molecule has 0 aromatic heterocycles. The molecule has 0 atom stereocenters. The van der Waals surface area contributed by atoms with Crippen molar-refractivity contribution in [3.8, 4) is 0 Å². The van der Waals surface area contributed by atoms with Crippen LogP contribution in [0.5, 0.6) is 0 Å². The largest absolute Gasteiger partial charge is 0.444 e. The molecule has 0 radical (unpaired) electrons. The molecule has 0 bridgehead atoms. The van der Waals surface area contributed by atoms with E-state index in [2.05, 4.69) is 5.32 Å². The molecule has 1 N–H and O–H groups in total. The third-order valence-corrected chi connectivity index (χ3v) is 1.80. The van der Waals surface area contributed by atoms with Crippen LogP contribution in [0.3, 0.4) is 0 Å². The summed E-state index contributed by atoms with van der Waals surface area (Å²) < 4.78 is 18.2. The number of halogens is 2. The first-order valence-corrected chi connectivity index (χ1v) is 5.11. The molecule has 3 nitrogen and oxygen atoms in total. The fourth-order valence-electron chi connectivity index (χ4n) is 1.01. The van der Waals surface area contributed by atoms with E-state index in [4.69, 9.17) is 16.3 Å². The first-order valence-electron chi connectivity index (χ1n) is 4.73. The standard InChI is InChI=1S/C11H13ClFNO2/c1-11(2,3)16-10(15)14-9-6-7(12)4-5-8(9)13/h4-6H,1-3H3,(H,14,15). The van der Waals surface area contributed by atoms with E-state index in [1.165, 1.54) is 18.2 Å². The Labute approximate surface area is 98.5 Å². The zero-order chi connectivity index (χ0) is 12.3. The number of carbonyl (C=O) groups excluding carboxylic acids is 1. The summed E-state index contributed by atoms with van der Waals surface area (Å²) in [5, 5.41) is 2.63. The predicted molar refractivity (Wildman–Crippen MR) is 61.3 cm³/mol. The third-order valence-electron chi connectivity index (χ3n) is 1.56. The minimum atomic E-state index is -0.714. The molecule has 0 saturated carbocycles. The fraction of sp³-hybridized carbons (Fsp3) is 0.364. The highest BCUT2D eigenvalue weighted by Gasteiger charge is 2.17. The van der Waals surface area contributed by atoms with Crippen molar-refractivity contribution >= 4 is 23.4 Å². The molecule has 0 unspecified atom stereocenters. The molecule has 0 aliphatic rings. The second-order valence-electron chi connectivity index (χ2n) is 4.25. The number of nitrogens with one attached hydrogen (secondary N) is 1. The van der Waals surface area contributed by atoms with Crippen LogP contribution >= 0.6 is 11.6 Å². The highest BCUT2D eigenvalue weighted by atomic mass is 35.5. The van der Waals surface area contributed by atoms with Gasteiger partial charge in [-0.2, -0.15) is 0 Å². The second kappa shape index (κ2) is 4.70. The second-order valence-corrected chi connectivity index (χ2v) is 4.69. The molecule has 0 aliphatic heterocycles. The number of benzene rings is 1. The lowest BCUT2D eigenvalue weighted by Crippen LogP contribution is -2.27. The molecular formula is C11H13ClFNO2. The summed E-state index contributed by atoms with van der Waals surface area (Å²) in [5.41, 5.74) is -0.624. The molecule has 0 fully saturated rings. The van der Waals surface area contributed by atoms with E-state index in [1.807, 2.05) is 0 Å². The van der Waals surface area contributed by atoms with Crippen LogP contribution in [0.15, 0.2) is 18.2 Å². The van der Waals surface area contributed by atoms with Crippen molar-refractivity contribution in [2.45, 2.75) is 26.4 Å². The van der Waals surface area contributed by atoms with Gasteiger partial charge in [0.25, 0.3) is 0 Å². The molecule has 1 aromatic carbocycles. The van der Waals surface area contributed by atoms with Gasteiger partial charge in [-0.1, -0.05) is 11.6 Å². The summed E-state index contributed by atoms with van der Waals surface area (Å²) in [4.78, 5) is 11.3. The summed E-state index contributed by atoms with van der Waals surface area (Å²) >= 11 is 5.67. The monoisotopic (exact) mass is 245 g/mol. The number of anilines is 1. The van der Waals surface area contributed by atoms with Crippen molar-refractivity contribution in [1.82, 2.24) is 0 Å². The third kappa shape index (κ3) is 4.06. The van der Waals surface area contributed by atoms with Crippen LogP contribution in [0.2, 0.25) is 5.02 Å². The number of carbonyl (C=O) groups is 1. The Morgan fingerprint density at radius 1 is 1.44 bits per heavy atom. The molecule has 16 heavy (non-hydrogen) atoms. The number of ether oxygens (including phenoxy) is 1. The van der Waals surface area contributed by atoms with Crippen molar-refractivity contribution in [3.05, 3.63) is 29.0 Å². The van der Waals surface area contributed by atoms with Gasteiger partial charge in [-0.3, -0.25) is 5.32 Å². The first kappa shape index (κ1) is 12.8. The molecule has 1 amide bonds. The number of hydrogen-bond donors (Lipinski definition) is 1. The molecule has 5 heteroatoms. The van der Waals surface area contributed by atoms with E-state index in [9.17, 15) is 9.18 Å². The fourth-order valence-corrected chi connectivity index (χ4v) is 1.18. The summed E-state index contributed by atoms with van der Waals surface area (Å²) in [7, 11) is 0. The van der Waals surface area contributed by atoms with Crippen molar-refractivity contribution in [2.24, 2.45) is 0 Å². The SMILES string of the molecule is CC(C)(C)OC(=O)Nc1cc(Cl)ccc1F. The summed E-state index contributed by atoms with van der Waals surface area (Å²) in [6.45, 7) is 5.17. The lowest BCUT2D eigenvalue weighted by atomic mass is 10.2. The Bertz CT molecular complexity index is 401. The Kier molecular flexibility index (Phi) is 3.75. The molecule has 88 valence electrons. The first-order chi connectivity index (χ1) is 7.28. The molecule has 0 spiro atoms. The average Bonchev–Trinajstić information content (AvgIpc) is 2.08. The molecular weight excluding hydrogens is 233 g/mol. The summed E-state index contributed by atoms with van der Waals surface area (Å²) in [6.07, 6.45) is -0.714. The maximum atomic E-state index is 13.2. The maximum absolute atomic E-state index is 13.2. The van der Waals surface area contributed by atoms with Gasteiger partial charge in [-0.05, 0) is 39.0 Å². The van der Waals surface area contributed by atoms with Crippen LogP contribution in [-0.2, 0) is 4.74 Å². The Morgan fingerprint density at radius 2 is 2.06 bits per heavy atom. The number of rotatable bonds is 1. The Morgan fingerprint density at radius 3 is 2.62 bits per heavy atom. The normalized spacial score (nSPS) is 11.1. The Hall–Kier alpha value is -1.29. The van der Waals surface area contributed by atoms with Crippen molar-refractivity contribution in [3.63, 3.8) is 0 Å². The van der Waals surface area contributed by atoms with Crippen molar-refractivity contribution in [1.29, 1.82) is 0 Å². The minimum Gasteiger partial charge on any atom is -0.444 e. The van der Waals surface area contributed by atoms with Gasteiger partial charge in [-0.25, -0.2) is 9.18 Å². The van der Waals surface area contributed by atoms with Crippen LogP contribution in [-0.4, -0.2) is 11.7 Å². The quantitative estimate of drug-likeness (QED) is 0.817. The van der Waals surface area contributed by atoms with Crippen LogP contribution in [0, 0.1) is 5.82 Å². The van der Waals surface area contributed by atoms with Crippen molar-refractivity contribution < 1.29 is 13.9 Å². The van der Waals surface area contributed by atoms with Gasteiger partial charge in [0.15, 0.2) is 0 Å². The van der Waals surface area contributed by atoms with Crippen LogP contribution in [0.1, 0.15) is 20.8 Å². The molecule has 0 aliphatic carbocycles. The topological polar surface area (TPSA) is 38.3 Å². The number of hydrogen-bond acceptors (Lipinski definition) is 2. The van der Waals surface area contributed by atoms with E-state index in [-0.39, 0.29) is 5.69 Å². The van der Waals surface area contributed by atoms with Gasteiger partial charge in [0.05, 0.1) is 5.69 Å². The molecule has 1 aromatic rings. The highest BCUT2D eigenvalue weighted by Crippen LogP contribution is 2.20. The molecule has 1 rings (SSSR count). The number of amides is 1. The van der Waals surface area contributed by atoms with Gasteiger partial charge in [-0.15, -0.1) is 0 Å². The zero-order valence-electron chi connectivity index (χ0n) is 9.30. The Balaban J connectivity index is 2.73. The van der Waals surface area contributed by atoms with Gasteiger partial charge >= 0.3 is 6.09 Å². The van der Waals surface area contributed by atoms with Crippen LogP contribution in [0.25, 0.3) is 0 Å². The maximum Gasteiger partial charge on any atom is 0.412 e. The van der Waals surface area contributed by atoms with E-state index < -0.39 is 17.5 Å². The minimum absolute atomic E-state index is 0.00162. The molecule has 0 heterocycles. The summed E-state index contributed by atoms with van der Waals surface area (Å²) in [5.74, 6) is -0.560. The lowest BCUT2D eigenvalue weighted by Gasteiger charge is -2.19. The van der Waals surface area contributed by atoms with Crippen molar-refractivity contribution in [2.75, 3.05) is 5.32 Å². The van der Waals surface area contributed by atoms with Gasteiger partial charge in [0.1, 0.15) is 11.4 Å².